The van der Waals surface area contributed by atoms with Gasteiger partial charge in [0, 0.05) is 5.25 Å². The van der Waals surface area contributed by atoms with Gasteiger partial charge in [0.1, 0.15) is 4.75 Å². The molecule has 0 aromatic carbocycles. The van der Waals surface area contributed by atoms with Gasteiger partial charge in [-0.25, -0.2) is 0 Å². The second-order valence-corrected chi connectivity index (χ2v) is 7.25. The Balaban J connectivity index is 2.50. The summed E-state index contributed by atoms with van der Waals surface area (Å²) in [5, 5.41) is 9.60. The molecule has 1 fully saturated rings. The van der Waals surface area contributed by atoms with Gasteiger partial charge in [0.05, 0.1) is 0 Å². The van der Waals surface area contributed by atoms with Crippen molar-refractivity contribution < 1.29 is 9.90 Å². The van der Waals surface area contributed by atoms with Crippen LogP contribution in [0.1, 0.15) is 47.0 Å². The molecule has 1 N–H and O–H groups in total. The molecule has 0 aromatic heterocycles. The zero-order valence-corrected chi connectivity index (χ0v) is 10.9. The van der Waals surface area contributed by atoms with E-state index in [0.717, 1.165) is 11.8 Å². The van der Waals surface area contributed by atoms with E-state index in [-0.39, 0.29) is 0 Å². The number of carbonyl (C=O) groups is 1. The third kappa shape index (κ3) is 3.40. The van der Waals surface area contributed by atoms with Crippen molar-refractivity contribution in [3.05, 3.63) is 0 Å². The monoisotopic (exact) mass is 230 g/mol. The maximum atomic E-state index is 11.0. The highest BCUT2D eigenvalue weighted by atomic mass is 32.2. The molecule has 0 heterocycles. The average Bonchev–Trinajstić information content (AvgIpc) is 2.10. The van der Waals surface area contributed by atoms with Crippen molar-refractivity contribution in [1.29, 1.82) is 0 Å². The van der Waals surface area contributed by atoms with E-state index in [1.807, 2.05) is 13.8 Å². The molecule has 0 saturated heterocycles. The van der Waals surface area contributed by atoms with E-state index in [9.17, 15) is 4.79 Å². The SMILES string of the molecule is CC1CCC(SC(C)(C)C(=O)O)CC1C. The molecule has 3 atom stereocenters. The largest absolute Gasteiger partial charge is 0.480 e. The van der Waals surface area contributed by atoms with E-state index in [1.165, 1.54) is 19.3 Å². The first kappa shape index (κ1) is 12.9. The van der Waals surface area contributed by atoms with E-state index in [2.05, 4.69) is 13.8 Å². The molecule has 1 aliphatic carbocycles. The van der Waals surface area contributed by atoms with Crippen LogP contribution in [-0.2, 0) is 4.79 Å². The molecule has 0 aliphatic heterocycles. The maximum Gasteiger partial charge on any atom is 0.319 e. The minimum absolute atomic E-state index is 0.530. The van der Waals surface area contributed by atoms with Crippen molar-refractivity contribution in [1.82, 2.24) is 0 Å². The summed E-state index contributed by atoms with van der Waals surface area (Å²) in [5.74, 6) is 0.842. The first-order valence-corrected chi connectivity index (χ1v) is 6.62. The molecule has 1 rings (SSSR count). The number of carboxylic acids is 1. The van der Waals surface area contributed by atoms with E-state index < -0.39 is 10.7 Å². The van der Waals surface area contributed by atoms with Crippen LogP contribution < -0.4 is 0 Å². The Bertz CT molecular complexity index is 238. The van der Waals surface area contributed by atoms with Gasteiger partial charge < -0.3 is 5.11 Å². The molecule has 0 spiro atoms. The van der Waals surface area contributed by atoms with Crippen LogP contribution in [0.2, 0.25) is 0 Å². The molecular weight excluding hydrogens is 208 g/mol. The smallest absolute Gasteiger partial charge is 0.319 e. The van der Waals surface area contributed by atoms with Crippen LogP contribution in [0.15, 0.2) is 0 Å². The van der Waals surface area contributed by atoms with Crippen molar-refractivity contribution in [3.63, 3.8) is 0 Å². The minimum atomic E-state index is -0.696. The summed E-state index contributed by atoms with van der Waals surface area (Å²) in [5.41, 5.74) is 0. The lowest BCUT2D eigenvalue weighted by Gasteiger charge is -2.34. The van der Waals surface area contributed by atoms with Crippen molar-refractivity contribution in [2.45, 2.75) is 57.0 Å². The highest BCUT2D eigenvalue weighted by Gasteiger charge is 2.34. The Morgan fingerprint density at radius 1 is 1.27 bits per heavy atom. The lowest BCUT2D eigenvalue weighted by atomic mass is 9.81. The summed E-state index contributed by atoms with van der Waals surface area (Å²) >= 11 is 1.64. The Kier molecular flexibility index (Phi) is 4.10. The molecule has 3 unspecified atom stereocenters. The zero-order chi connectivity index (χ0) is 11.6. The summed E-state index contributed by atoms with van der Waals surface area (Å²) < 4.78 is -0.634. The van der Waals surface area contributed by atoms with E-state index in [0.29, 0.717) is 5.25 Å². The maximum absolute atomic E-state index is 11.0. The topological polar surface area (TPSA) is 37.3 Å². The van der Waals surface area contributed by atoms with E-state index >= 15 is 0 Å². The van der Waals surface area contributed by atoms with Gasteiger partial charge in [-0.15, -0.1) is 11.8 Å². The highest BCUT2D eigenvalue weighted by Crippen LogP contribution is 2.40. The number of thioether (sulfide) groups is 1. The fraction of sp³-hybridized carbons (Fsp3) is 0.917. The van der Waals surface area contributed by atoms with Crippen molar-refractivity contribution in [2.24, 2.45) is 11.8 Å². The van der Waals surface area contributed by atoms with Gasteiger partial charge >= 0.3 is 5.97 Å². The highest BCUT2D eigenvalue weighted by molar-refractivity contribution is 8.01. The van der Waals surface area contributed by atoms with Crippen molar-refractivity contribution >= 4 is 17.7 Å². The van der Waals surface area contributed by atoms with Crippen LogP contribution in [0, 0.1) is 11.8 Å². The van der Waals surface area contributed by atoms with E-state index in [1.54, 1.807) is 11.8 Å². The summed E-state index contributed by atoms with van der Waals surface area (Å²) in [6.07, 6.45) is 3.59. The van der Waals surface area contributed by atoms with Crippen LogP contribution in [0.5, 0.6) is 0 Å². The Hall–Kier alpha value is -0.180. The van der Waals surface area contributed by atoms with Gasteiger partial charge in [0.25, 0.3) is 0 Å². The third-order valence-electron chi connectivity index (χ3n) is 3.53. The summed E-state index contributed by atoms with van der Waals surface area (Å²) in [6.45, 7) is 8.20. The third-order valence-corrected chi connectivity index (χ3v) is 5.05. The van der Waals surface area contributed by atoms with Crippen LogP contribution in [0.4, 0.5) is 0 Å². The Morgan fingerprint density at radius 2 is 1.87 bits per heavy atom. The fourth-order valence-electron chi connectivity index (χ4n) is 2.07. The second-order valence-electron chi connectivity index (χ2n) is 5.32. The van der Waals surface area contributed by atoms with E-state index in [4.69, 9.17) is 5.11 Å². The van der Waals surface area contributed by atoms with Gasteiger partial charge in [-0.2, -0.15) is 0 Å². The van der Waals surface area contributed by atoms with Crippen LogP contribution in [0.25, 0.3) is 0 Å². The Labute approximate surface area is 96.8 Å². The first-order valence-electron chi connectivity index (χ1n) is 5.74. The number of aliphatic carboxylic acids is 1. The molecule has 0 radical (unpaired) electrons. The number of rotatable bonds is 3. The summed E-state index contributed by atoms with van der Waals surface area (Å²) in [6, 6.07) is 0. The van der Waals surface area contributed by atoms with Gasteiger partial charge in [-0.05, 0) is 44.9 Å². The molecule has 3 heteroatoms. The fourth-order valence-corrected chi connectivity index (χ4v) is 3.66. The first-order chi connectivity index (χ1) is 6.83. The molecule has 15 heavy (non-hydrogen) atoms. The van der Waals surface area contributed by atoms with Crippen molar-refractivity contribution in [3.8, 4) is 0 Å². The van der Waals surface area contributed by atoms with Gasteiger partial charge in [0.15, 0.2) is 0 Å². The lowest BCUT2D eigenvalue weighted by Crippen LogP contribution is -2.32. The molecule has 0 bridgehead atoms. The van der Waals surface area contributed by atoms with Crippen LogP contribution >= 0.6 is 11.8 Å². The molecule has 0 aromatic rings. The predicted octanol–water partition coefficient (Wildman–Crippen LogP) is 3.41. The quantitative estimate of drug-likeness (QED) is 0.807. The lowest BCUT2D eigenvalue weighted by molar-refractivity contribution is -0.138. The predicted molar refractivity (Wildman–Crippen MR) is 65.3 cm³/mol. The molecule has 1 saturated carbocycles. The van der Waals surface area contributed by atoms with Gasteiger partial charge in [-0.1, -0.05) is 13.8 Å². The van der Waals surface area contributed by atoms with Crippen LogP contribution in [-0.4, -0.2) is 21.1 Å². The summed E-state index contributed by atoms with van der Waals surface area (Å²) in [4.78, 5) is 11.0. The number of hydrogen-bond acceptors (Lipinski definition) is 2. The molecule has 0 amide bonds. The average molecular weight is 230 g/mol. The van der Waals surface area contributed by atoms with Crippen LogP contribution in [0.3, 0.4) is 0 Å². The number of hydrogen-bond donors (Lipinski definition) is 1. The normalized spacial score (nSPS) is 32.7. The zero-order valence-electron chi connectivity index (χ0n) is 10.1. The molecule has 1 aliphatic rings. The molecule has 2 nitrogen and oxygen atoms in total. The summed E-state index contributed by atoms with van der Waals surface area (Å²) in [7, 11) is 0. The standard InChI is InChI=1S/C12H22O2S/c1-8-5-6-10(7-9(8)2)15-12(3,4)11(13)14/h8-10H,5-7H2,1-4H3,(H,13,14). The number of carboxylic acid groups (broad SMARTS) is 1. The molecule has 88 valence electrons. The molecular formula is C12H22O2S. The van der Waals surface area contributed by atoms with Gasteiger partial charge in [0.2, 0.25) is 0 Å². The Morgan fingerprint density at radius 3 is 2.33 bits per heavy atom. The minimum Gasteiger partial charge on any atom is -0.480 e. The van der Waals surface area contributed by atoms with Crippen molar-refractivity contribution in [2.75, 3.05) is 0 Å². The van der Waals surface area contributed by atoms with Gasteiger partial charge in [-0.3, -0.25) is 4.79 Å². The second kappa shape index (κ2) is 4.77.